The van der Waals surface area contributed by atoms with Crippen LogP contribution in [0.4, 0.5) is 0 Å². The molecule has 0 saturated heterocycles. The van der Waals surface area contributed by atoms with Crippen molar-refractivity contribution in [3.05, 3.63) is 41.0 Å². The molecule has 0 heterocycles. The van der Waals surface area contributed by atoms with E-state index in [9.17, 15) is 10.2 Å². The van der Waals surface area contributed by atoms with Gasteiger partial charge >= 0.3 is 0 Å². The fraction of sp³-hybridized carbons (Fsp3) is 0.529. The van der Waals surface area contributed by atoms with Gasteiger partial charge in [0.1, 0.15) is 0 Å². The van der Waals surface area contributed by atoms with E-state index in [-0.39, 0.29) is 18.4 Å². The summed E-state index contributed by atoms with van der Waals surface area (Å²) in [5, 5.41) is 29.0. The van der Waals surface area contributed by atoms with Crippen molar-refractivity contribution in [2.45, 2.75) is 45.8 Å². The van der Waals surface area contributed by atoms with Crippen molar-refractivity contribution in [2.75, 3.05) is 6.61 Å². The van der Waals surface area contributed by atoms with Gasteiger partial charge in [0, 0.05) is 11.8 Å². The molecule has 4 atom stereocenters. The van der Waals surface area contributed by atoms with E-state index < -0.39 is 12.2 Å². The van der Waals surface area contributed by atoms with Crippen LogP contribution in [-0.4, -0.2) is 34.1 Å². The van der Waals surface area contributed by atoms with Crippen molar-refractivity contribution < 1.29 is 15.3 Å². The minimum absolute atomic E-state index is 0.00556. The standard InChI is InChI=1S/C17H26O3/c1-11-7-8-16(15(10-11)6-5-9-18)13(3)17(20)12(2)14(4)19/h5-8,10,12-14,17-20H,9H2,1-4H3/b6-5+. The predicted octanol–water partition coefficient (Wildman–Crippen LogP) is 2.48. The predicted molar refractivity (Wildman–Crippen MR) is 82.6 cm³/mol. The molecule has 0 aromatic heterocycles. The van der Waals surface area contributed by atoms with E-state index in [4.69, 9.17) is 5.11 Å². The fourth-order valence-electron chi connectivity index (χ4n) is 2.36. The lowest BCUT2D eigenvalue weighted by molar-refractivity contribution is 0.0190. The monoisotopic (exact) mass is 278 g/mol. The van der Waals surface area contributed by atoms with Crippen molar-refractivity contribution >= 4 is 6.08 Å². The molecule has 112 valence electrons. The molecule has 3 nitrogen and oxygen atoms in total. The molecule has 0 amide bonds. The van der Waals surface area contributed by atoms with Gasteiger partial charge in [-0.2, -0.15) is 0 Å². The second-order valence-electron chi connectivity index (χ2n) is 5.60. The van der Waals surface area contributed by atoms with Crippen LogP contribution in [0.25, 0.3) is 6.08 Å². The summed E-state index contributed by atoms with van der Waals surface area (Å²) < 4.78 is 0. The van der Waals surface area contributed by atoms with Gasteiger partial charge in [-0.15, -0.1) is 0 Å². The van der Waals surface area contributed by atoms with Gasteiger partial charge in [-0.3, -0.25) is 0 Å². The summed E-state index contributed by atoms with van der Waals surface area (Å²) in [6, 6.07) is 6.06. The zero-order valence-electron chi connectivity index (χ0n) is 12.7. The molecule has 0 radical (unpaired) electrons. The van der Waals surface area contributed by atoms with E-state index in [1.54, 1.807) is 13.0 Å². The molecule has 3 N–H and O–H groups in total. The zero-order valence-corrected chi connectivity index (χ0v) is 12.7. The Morgan fingerprint density at radius 1 is 1.15 bits per heavy atom. The van der Waals surface area contributed by atoms with Gasteiger partial charge in [-0.25, -0.2) is 0 Å². The molecular weight excluding hydrogens is 252 g/mol. The van der Waals surface area contributed by atoms with Crippen LogP contribution in [0.3, 0.4) is 0 Å². The van der Waals surface area contributed by atoms with Crippen LogP contribution in [0.15, 0.2) is 24.3 Å². The summed E-state index contributed by atoms with van der Waals surface area (Å²) in [6.07, 6.45) is 2.40. The van der Waals surface area contributed by atoms with Gasteiger partial charge in [0.2, 0.25) is 0 Å². The SMILES string of the molecule is Cc1ccc(C(C)C(O)C(C)C(C)O)c(/C=C/CO)c1. The Labute approximate surface area is 121 Å². The number of hydrogen-bond acceptors (Lipinski definition) is 3. The highest BCUT2D eigenvalue weighted by Gasteiger charge is 2.26. The Hall–Kier alpha value is -1.16. The molecule has 0 aliphatic carbocycles. The van der Waals surface area contributed by atoms with Crippen LogP contribution in [0, 0.1) is 12.8 Å². The highest BCUT2D eigenvalue weighted by atomic mass is 16.3. The van der Waals surface area contributed by atoms with Crippen LogP contribution in [0.1, 0.15) is 43.4 Å². The quantitative estimate of drug-likeness (QED) is 0.749. The number of aliphatic hydroxyl groups excluding tert-OH is 3. The summed E-state index contributed by atoms with van der Waals surface area (Å²) >= 11 is 0. The fourth-order valence-corrected chi connectivity index (χ4v) is 2.36. The highest BCUT2D eigenvalue weighted by Crippen LogP contribution is 2.29. The molecular formula is C17H26O3. The Kier molecular flexibility index (Phi) is 6.40. The molecule has 0 fully saturated rings. The zero-order chi connectivity index (χ0) is 15.3. The number of rotatable bonds is 6. The van der Waals surface area contributed by atoms with E-state index in [0.717, 1.165) is 16.7 Å². The first-order valence-electron chi connectivity index (χ1n) is 7.12. The maximum atomic E-state index is 10.4. The third kappa shape index (κ3) is 4.17. The molecule has 1 rings (SSSR count). The van der Waals surface area contributed by atoms with Crippen LogP contribution in [0.5, 0.6) is 0 Å². The summed E-state index contributed by atoms with van der Waals surface area (Å²) in [6.45, 7) is 7.52. The summed E-state index contributed by atoms with van der Waals surface area (Å²) in [5.41, 5.74) is 3.17. The average molecular weight is 278 g/mol. The van der Waals surface area contributed by atoms with E-state index in [1.165, 1.54) is 0 Å². The minimum Gasteiger partial charge on any atom is -0.393 e. The minimum atomic E-state index is -0.612. The van der Waals surface area contributed by atoms with E-state index in [0.29, 0.717) is 0 Å². The highest BCUT2D eigenvalue weighted by molar-refractivity contribution is 5.56. The largest absolute Gasteiger partial charge is 0.393 e. The lowest BCUT2D eigenvalue weighted by atomic mass is 9.83. The molecule has 0 aliphatic rings. The Morgan fingerprint density at radius 2 is 1.80 bits per heavy atom. The molecule has 0 aliphatic heterocycles. The van der Waals surface area contributed by atoms with Crippen LogP contribution in [0.2, 0.25) is 0 Å². The molecule has 20 heavy (non-hydrogen) atoms. The van der Waals surface area contributed by atoms with Gasteiger partial charge in [0.25, 0.3) is 0 Å². The molecule has 4 unspecified atom stereocenters. The third-order valence-electron chi connectivity index (χ3n) is 3.95. The van der Waals surface area contributed by atoms with Gasteiger partial charge < -0.3 is 15.3 Å². The van der Waals surface area contributed by atoms with E-state index in [1.807, 2.05) is 45.0 Å². The number of aryl methyl sites for hydroxylation is 1. The lowest BCUT2D eigenvalue weighted by Crippen LogP contribution is -2.31. The van der Waals surface area contributed by atoms with Crippen molar-refractivity contribution in [3.63, 3.8) is 0 Å². The average Bonchev–Trinajstić information content (AvgIpc) is 2.42. The first-order chi connectivity index (χ1) is 9.38. The van der Waals surface area contributed by atoms with Gasteiger partial charge in [-0.1, -0.05) is 49.8 Å². The van der Waals surface area contributed by atoms with E-state index >= 15 is 0 Å². The Morgan fingerprint density at radius 3 is 2.35 bits per heavy atom. The normalized spacial score (nSPS) is 17.9. The molecule has 3 heteroatoms. The number of benzene rings is 1. The molecule has 0 bridgehead atoms. The maximum Gasteiger partial charge on any atom is 0.0656 e. The lowest BCUT2D eigenvalue weighted by Gasteiger charge is -2.28. The Bertz CT molecular complexity index is 452. The van der Waals surface area contributed by atoms with Crippen molar-refractivity contribution in [1.82, 2.24) is 0 Å². The van der Waals surface area contributed by atoms with Gasteiger partial charge in [-0.05, 0) is 25.0 Å². The van der Waals surface area contributed by atoms with Gasteiger partial charge in [0.15, 0.2) is 0 Å². The van der Waals surface area contributed by atoms with E-state index in [2.05, 4.69) is 0 Å². The van der Waals surface area contributed by atoms with Crippen LogP contribution >= 0.6 is 0 Å². The third-order valence-corrected chi connectivity index (χ3v) is 3.95. The summed E-state index contributed by atoms with van der Waals surface area (Å²) in [5.74, 6) is -0.278. The maximum absolute atomic E-state index is 10.4. The van der Waals surface area contributed by atoms with Crippen molar-refractivity contribution in [2.24, 2.45) is 5.92 Å². The molecule has 0 spiro atoms. The number of aliphatic hydroxyl groups is 3. The molecule has 0 saturated carbocycles. The molecule has 1 aromatic carbocycles. The smallest absolute Gasteiger partial charge is 0.0656 e. The number of hydrogen-bond donors (Lipinski definition) is 3. The van der Waals surface area contributed by atoms with Gasteiger partial charge in [0.05, 0.1) is 18.8 Å². The topological polar surface area (TPSA) is 60.7 Å². The first-order valence-corrected chi connectivity index (χ1v) is 7.12. The van der Waals surface area contributed by atoms with Crippen LogP contribution < -0.4 is 0 Å². The second-order valence-corrected chi connectivity index (χ2v) is 5.60. The first kappa shape index (κ1) is 16.9. The second kappa shape index (κ2) is 7.58. The summed E-state index contributed by atoms with van der Waals surface area (Å²) in [7, 11) is 0. The summed E-state index contributed by atoms with van der Waals surface area (Å²) in [4.78, 5) is 0. The van der Waals surface area contributed by atoms with Crippen molar-refractivity contribution in [1.29, 1.82) is 0 Å². The van der Waals surface area contributed by atoms with Crippen LogP contribution in [-0.2, 0) is 0 Å². The Balaban J connectivity index is 3.08. The van der Waals surface area contributed by atoms with Crippen molar-refractivity contribution in [3.8, 4) is 0 Å². The molecule has 1 aromatic rings.